The Morgan fingerprint density at radius 2 is 1.94 bits per heavy atom. The largest absolute Gasteiger partial charge is 0.506 e. The summed E-state index contributed by atoms with van der Waals surface area (Å²) < 4.78 is 33.2. The first kappa shape index (κ1) is 22.4. The first-order chi connectivity index (χ1) is 14.9. The molecular formula is C21H21N3O5S2. The van der Waals surface area contributed by atoms with Crippen molar-refractivity contribution in [3.63, 3.8) is 0 Å². The third-order valence-electron chi connectivity index (χ3n) is 4.13. The molecule has 3 N–H and O–H groups in total. The minimum absolute atomic E-state index is 0.00915. The van der Waals surface area contributed by atoms with E-state index in [1.54, 1.807) is 36.7 Å². The van der Waals surface area contributed by atoms with E-state index in [1.165, 1.54) is 37.1 Å². The number of carbonyl (C=O) groups excluding carboxylic acids is 1. The second-order valence-corrected chi connectivity index (χ2v) is 9.05. The quantitative estimate of drug-likeness (QED) is 0.419. The van der Waals surface area contributed by atoms with Gasteiger partial charge in [-0.1, -0.05) is 18.2 Å². The molecule has 3 aromatic rings. The maximum atomic E-state index is 12.8. The summed E-state index contributed by atoms with van der Waals surface area (Å²) in [7, 11) is -2.54. The van der Waals surface area contributed by atoms with Gasteiger partial charge in [0.05, 0.1) is 29.1 Å². The van der Waals surface area contributed by atoms with Crippen LogP contribution in [0.4, 0.5) is 11.4 Å². The van der Waals surface area contributed by atoms with Gasteiger partial charge >= 0.3 is 0 Å². The molecular weight excluding hydrogens is 438 g/mol. The molecule has 162 valence electrons. The number of benzene rings is 2. The van der Waals surface area contributed by atoms with E-state index in [1.807, 2.05) is 12.1 Å². The number of sulfonamides is 1. The highest BCUT2D eigenvalue weighted by molar-refractivity contribution is 7.99. The number of phenols is 1. The van der Waals surface area contributed by atoms with Gasteiger partial charge < -0.3 is 15.2 Å². The fourth-order valence-corrected chi connectivity index (χ4v) is 4.51. The van der Waals surface area contributed by atoms with Crippen LogP contribution in [0.15, 0.2) is 71.9 Å². The highest BCUT2D eigenvalue weighted by Crippen LogP contribution is 2.30. The molecule has 0 radical (unpaired) electrons. The maximum absolute atomic E-state index is 12.8. The summed E-state index contributed by atoms with van der Waals surface area (Å²) in [5.74, 6) is 0.497. The Bertz CT molecular complexity index is 1150. The molecule has 3 rings (SSSR count). The normalized spacial score (nSPS) is 11.0. The Morgan fingerprint density at radius 1 is 1.13 bits per heavy atom. The van der Waals surface area contributed by atoms with E-state index in [-0.39, 0.29) is 33.7 Å². The van der Waals surface area contributed by atoms with Crippen LogP contribution >= 0.6 is 11.8 Å². The summed E-state index contributed by atoms with van der Waals surface area (Å²) in [5, 5.41) is 12.6. The molecule has 31 heavy (non-hydrogen) atoms. The van der Waals surface area contributed by atoms with Gasteiger partial charge in [-0.25, -0.2) is 8.42 Å². The van der Waals surface area contributed by atoms with Gasteiger partial charge in [0, 0.05) is 18.1 Å². The molecule has 0 unspecified atom stereocenters. The van der Waals surface area contributed by atoms with Crippen molar-refractivity contribution < 1.29 is 23.1 Å². The number of aromatic nitrogens is 1. The Hall–Kier alpha value is -3.24. The number of methoxy groups -OCH3 is 1. The smallest absolute Gasteiger partial charge is 0.262 e. The molecule has 0 aliphatic rings. The number of ether oxygens (including phenoxy) is 1. The number of thioether (sulfide) groups is 1. The molecule has 0 saturated heterocycles. The minimum Gasteiger partial charge on any atom is -0.506 e. The summed E-state index contributed by atoms with van der Waals surface area (Å²) in [5.41, 5.74) is 1.27. The van der Waals surface area contributed by atoms with E-state index in [0.717, 1.165) is 5.56 Å². The lowest BCUT2D eigenvalue weighted by atomic mass is 10.3. The van der Waals surface area contributed by atoms with Crippen molar-refractivity contribution in [2.24, 2.45) is 0 Å². The number of nitrogens with one attached hydrogen (secondary N) is 2. The van der Waals surface area contributed by atoms with Crippen molar-refractivity contribution in [3.8, 4) is 11.5 Å². The van der Waals surface area contributed by atoms with E-state index in [0.29, 0.717) is 11.5 Å². The van der Waals surface area contributed by atoms with Crippen molar-refractivity contribution in [3.05, 3.63) is 72.6 Å². The summed E-state index contributed by atoms with van der Waals surface area (Å²) >= 11 is 1.38. The van der Waals surface area contributed by atoms with Crippen LogP contribution in [-0.4, -0.2) is 37.3 Å². The number of carbonyl (C=O) groups is 1. The molecule has 1 amide bonds. The fourth-order valence-electron chi connectivity index (χ4n) is 2.65. The van der Waals surface area contributed by atoms with Crippen molar-refractivity contribution >= 4 is 39.1 Å². The molecule has 8 nitrogen and oxygen atoms in total. The van der Waals surface area contributed by atoms with Crippen LogP contribution in [0.3, 0.4) is 0 Å². The van der Waals surface area contributed by atoms with Crippen LogP contribution in [0.1, 0.15) is 5.56 Å². The van der Waals surface area contributed by atoms with E-state index >= 15 is 0 Å². The van der Waals surface area contributed by atoms with Gasteiger partial charge in [-0.15, -0.1) is 11.8 Å². The molecule has 0 bridgehead atoms. The Kier molecular flexibility index (Phi) is 7.37. The Labute approximate surface area is 184 Å². The zero-order valence-corrected chi connectivity index (χ0v) is 18.2. The second kappa shape index (κ2) is 10.2. The van der Waals surface area contributed by atoms with E-state index in [9.17, 15) is 18.3 Å². The number of nitrogens with zero attached hydrogens (tertiary/aromatic N) is 1. The number of anilines is 2. The van der Waals surface area contributed by atoms with E-state index in [2.05, 4.69) is 15.0 Å². The molecule has 2 aromatic carbocycles. The predicted molar refractivity (Wildman–Crippen MR) is 121 cm³/mol. The fraction of sp³-hybridized carbons (Fsp3) is 0.143. The number of aromatic hydroxyl groups is 1. The zero-order chi connectivity index (χ0) is 22.3. The average molecular weight is 460 g/mol. The van der Waals surface area contributed by atoms with Crippen LogP contribution < -0.4 is 14.8 Å². The predicted octanol–water partition coefficient (Wildman–Crippen LogP) is 3.47. The molecule has 1 heterocycles. The van der Waals surface area contributed by atoms with Gasteiger partial charge in [0.25, 0.3) is 10.0 Å². The molecule has 10 heteroatoms. The van der Waals surface area contributed by atoms with E-state index in [4.69, 9.17) is 4.74 Å². The maximum Gasteiger partial charge on any atom is 0.262 e. The first-order valence-corrected chi connectivity index (χ1v) is 11.8. The Balaban J connectivity index is 1.68. The van der Waals surface area contributed by atoms with Crippen LogP contribution in [0.25, 0.3) is 0 Å². The van der Waals surface area contributed by atoms with Crippen LogP contribution in [0, 0.1) is 0 Å². The minimum atomic E-state index is -3.98. The molecule has 1 aromatic heterocycles. The number of para-hydroxylation sites is 2. The third-order valence-corrected chi connectivity index (χ3v) is 6.50. The highest BCUT2D eigenvalue weighted by Gasteiger charge is 2.19. The summed E-state index contributed by atoms with van der Waals surface area (Å²) in [6, 6.07) is 14.0. The molecule has 0 aliphatic heterocycles. The monoisotopic (exact) mass is 459 g/mol. The molecule has 0 atom stereocenters. The second-order valence-electron chi connectivity index (χ2n) is 6.39. The van der Waals surface area contributed by atoms with Gasteiger partial charge in [-0.2, -0.15) is 0 Å². The van der Waals surface area contributed by atoms with Gasteiger partial charge in [0.1, 0.15) is 11.5 Å². The lowest BCUT2D eigenvalue weighted by Crippen LogP contribution is -2.16. The number of rotatable bonds is 9. The lowest BCUT2D eigenvalue weighted by molar-refractivity contribution is -0.113. The van der Waals surface area contributed by atoms with Gasteiger partial charge in [-0.05, 0) is 42.0 Å². The Morgan fingerprint density at radius 3 is 2.68 bits per heavy atom. The first-order valence-electron chi connectivity index (χ1n) is 9.14. The third kappa shape index (κ3) is 6.12. The van der Waals surface area contributed by atoms with Crippen LogP contribution in [-0.2, 0) is 20.6 Å². The zero-order valence-electron chi connectivity index (χ0n) is 16.6. The molecule has 0 saturated carbocycles. The summed E-state index contributed by atoms with van der Waals surface area (Å²) in [6.07, 6.45) is 3.40. The molecule has 0 spiro atoms. The topological polar surface area (TPSA) is 118 Å². The lowest BCUT2D eigenvalue weighted by Gasteiger charge is -2.13. The summed E-state index contributed by atoms with van der Waals surface area (Å²) in [6.45, 7) is 0. The van der Waals surface area contributed by atoms with Crippen molar-refractivity contribution in [2.75, 3.05) is 22.9 Å². The standard InChI is InChI=1S/C21H21N3O5S2/c1-29-20-7-3-2-6-17(20)24-31(27,28)16-8-9-19(25)18(11-16)23-21(26)14-30-13-15-5-4-10-22-12-15/h2-12,24-25H,13-14H2,1H3,(H,23,26). The SMILES string of the molecule is COc1ccccc1NS(=O)(=O)c1ccc(O)c(NC(=O)CSCc2cccnc2)c1. The number of phenolic OH excluding ortho intramolecular Hbond substituents is 1. The number of pyridine rings is 1. The van der Waals surface area contributed by atoms with Gasteiger partial charge in [-0.3, -0.25) is 14.5 Å². The van der Waals surface area contributed by atoms with Crippen LogP contribution in [0.2, 0.25) is 0 Å². The van der Waals surface area contributed by atoms with Crippen molar-refractivity contribution in [2.45, 2.75) is 10.6 Å². The van der Waals surface area contributed by atoms with Gasteiger partial charge in [0.2, 0.25) is 5.91 Å². The number of hydrogen-bond acceptors (Lipinski definition) is 7. The molecule has 0 fully saturated rings. The average Bonchev–Trinajstić information content (AvgIpc) is 2.76. The van der Waals surface area contributed by atoms with Crippen LogP contribution in [0.5, 0.6) is 11.5 Å². The number of amides is 1. The van der Waals surface area contributed by atoms with Gasteiger partial charge in [0.15, 0.2) is 0 Å². The van der Waals surface area contributed by atoms with Crippen molar-refractivity contribution in [1.29, 1.82) is 0 Å². The highest BCUT2D eigenvalue weighted by atomic mass is 32.2. The molecule has 0 aliphatic carbocycles. The van der Waals surface area contributed by atoms with E-state index < -0.39 is 10.0 Å². The summed E-state index contributed by atoms with van der Waals surface area (Å²) in [4.78, 5) is 16.2. The van der Waals surface area contributed by atoms with Crippen molar-refractivity contribution in [1.82, 2.24) is 4.98 Å². The number of hydrogen-bond donors (Lipinski definition) is 3.